The molecular weight excluding hydrogens is 224 g/mol. The van der Waals surface area contributed by atoms with Gasteiger partial charge < -0.3 is 10.1 Å². The highest BCUT2D eigenvalue weighted by molar-refractivity contribution is 4.93. The maximum atomic E-state index is 5.65. The van der Waals surface area contributed by atoms with Crippen LogP contribution in [0.3, 0.4) is 0 Å². The van der Waals surface area contributed by atoms with Gasteiger partial charge in [0.1, 0.15) is 0 Å². The highest BCUT2D eigenvalue weighted by Crippen LogP contribution is 2.29. The highest BCUT2D eigenvalue weighted by atomic mass is 16.5. The van der Waals surface area contributed by atoms with Crippen LogP contribution in [-0.4, -0.2) is 49.8 Å². The molecular formula is C15H30N2O. The minimum absolute atomic E-state index is 0.436. The van der Waals surface area contributed by atoms with Crippen LogP contribution in [0.25, 0.3) is 0 Å². The Hall–Kier alpha value is -0.120. The topological polar surface area (TPSA) is 24.5 Å². The van der Waals surface area contributed by atoms with Crippen LogP contribution >= 0.6 is 0 Å². The summed E-state index contributed by atoms with van der Waals surface area (Å²) in [5.74, 6) is 0.717. The van der Waals surface area contributed by atoms with Crippen LogP contribution in [0.15, 0.2) is 0 Å². The van der Waals surface area contributed by atoms with Gasteiger partial charge in [0.25, 0.3) is 0 Å². The Morgan fingerprint density at radius 3 is 2.83 bits per heavy atom. The molecule has 1 aliphatic carbocycles. The Bertz CT molecular complexity index is 247. The summed E-state index contributed by atoms with van der Waals surface area (Å²) < 4.78 is 5.65. The molecule has 2 fully saturated rings. The van der Waals surface area contributed by atoms with Gasteiger partial charge >= 0.3 is 0 Å². The van der Waals surface area contributed by atoms with Gasteiger partial charge in [-0.2, -0.15) is 0 Å². The highest BCUT2D eigenvalue weighted by Gasteiger charge is 2.36. The number of hydrogen-bond acceptors (Lipinski definition) is 3. The zero-order valence-electron chi connectivity index (χ0n) is 12.3. The van der Waals surface area contributed by atoms with E-state index < -0.39 is 0 Å². The quantitative estimate of drug-likeness (QED) is 0.814. The van der Waals surface area contributed by atoms with E-state index in [9.17, 15) is 0 Å². The van der Waals surface area contributed by atoms with Crippen molar-refractivity contribution in [2.45, 2.75) is 64.1 Å². The van der Waals surface area contributed by atoms with Crippen LogP contribution in [0.5, 0.6) is 0 Å². The van der Waals surface area contributed by atoms with E-state index in [4.69, 9.17) is 4.74 Å². The van der Waals surface area contributed by atoms with Crippen molar-refractivity contribution < 1.29 is 4.74 Å². The fourth-order valence-corrected chi connectivity index (χ4v) is 3.61. The maximum absolute atomic E-state index is 5.65. The molecule has 0 aromatic rings. The van der Waals surface area contributed by atoms with E-state index in [1.165, 1.54) is 45.2 Å². The summed E-state index contributed by atoms with van der Waals surface area (Å²) in [5, 5.41) is 3.74. The fraction of sp³-hybridized carbons (Fsp3) is 1.00. The third-order valence-corrected chi connectivity index (χ3v) is 4.83. The summed E-state index contributed by atoms with van der Waals surface area (Å²) in [6.45, 7) is 8.13. The van der Waals surface area contributed by atoms with Crippen LogP contribution in [0, 0.1) is 5.92 Å². The number of likely N-dealkylation sites (tertiary alicyclic amines) is 1. The fourth-order valence-electron chi connectivity index (χ4n) is 3.61. The smallest absolute Gasteiger partial charge is 0.0724 e. The first-order valence-electron chi connectivity index (χ1n) is 7.76. The Kier molecular flexibility index (Phi) is 5.46. The second-order valence-corrected chi connectivity index (χ2v) is 6.09. The minimum atomic E-state index is 0.436. The molecule has 0 aromatic carbocycles. The normalized spacial score (nSPS) is 38.2. The van der Waals surface area contributed by atoms with Crippen LogP contribution < -0.4 is 5.32 Å². The van der Waals surface area contributed by atoms with Crippen LogP contribution in [0.4, 0.5) is 0 Å². The average molecular weight is 254 g/mol. The zero-order chi connectivity index (χ0) is 13.0. The summed E-state index contributed by atoms with van der Waals surface area (Å²) in [6.07, 6.45) is 7.07. The molecule has 1 saturated heterocycles. The first kappa shape index (κ1) is 14.3. The number of rotatable bonds is 5. The molecule has 2 aliphatic rings. The minimum Gasteiger partial charge on any atom is -0.380 e. The molecule has 0 bridgehead atoms. The Morgan fingerprint density at radius 2 is 2.11 bits per heavy atom. The second-order valence-electron chi connectivity index (χ2n) is 6.09. The SMILES string of the molecule is CCCNC1CCCC1N1CCC(C)C(OC)C1. The maximum Gasteiger partial charge on any atom is 0.0724 e. The largest absolute Gasteiger partial charge is 0.380 e. The summed E-state index contributed by atoms with van der Waals surface area (Å²) in [5.41, 5.74) is 0. The van der Waals surface area contributed by atoms with Crippen molar-refractivity contribution in [3.05, 3.63) is 0 Å². The van der Waals surface area contributed by atoms with Gasteiger partial charge in [-0.1, -0.05) is 20.3 Å². The predicted molar refractivity (Wildman–Crippen MR) is 75.9 cm³/mol. The lowest BCUT2D eigenvalue weighted by molar-refractivity contribution is -0.0215. The number of piperidine rings is 1. The van der Waals surface area contributed by atoms with Gasteiger partial charge in [-0.25, -0.2) is 0 Å². The first-order valence-corrected chi connectivity index (χ1v) is 7.76. The first-order chi connectivity index (χ1) is 8.76. The lowest BCUT2D eigenvalue weighted by atomic mass is 9.94. The number of hydrogen-bond donors (Lipinski definition) is 1. The molecule has 1 heterocycles. The van der Waals surface area contributed by atoms with Gasteiger partial charge in [-0.05, 0) is 44.7 Å². The number of ether oxygens (including phenoxy) is 1. The predicted octanol–water partition coefficient (Wildman–Crippen LogP) is 2.26. The molecule has 18 heavy (non-hydrogen) atoms. The van der Waals surface area contributed by atoms with E-state index in [1.807, 2.05) is 7.11 Å². The molecule has 3 heteroatoms. The van der Waals surface area contributed by atoms with Gasteiger partial charge in [-0.3, -0.25) is 4.90 Å². The van der Waals surface area contributed by atoms with Gasteiger partial charge in [-0.15, -0.1) is 0 Å². The lowest BCUT2D eigenvalue weighted by Crippen LogP contribution is -2.53. The van der Waals surface area contributed by atoms with Crippen LogP contribution in [-0.2, 0) is 4.74 Å². The molecule has 0 radical (unpaired) electrons. The standard InChI is InChI=1S/C15H30N2O/c1-4-9-16-13-6-5-7-14(13)17-10-8-12(2)15(11-17)18-3/h12-16H,4-11H2,1-3H3. The van der Waals surface area contributed by atoms with Gasteiger partial charge in [0.05, 0.1) is 6.10 Å². The van der Waals surface area contributed by atoms with Crippen molar-refractivity contribution in [1.29, 1.82) is 0 Å². The summed E-state index contributed by atoms with van der Waals surface area (Å²) >= 11 is 0. The zero-order valence-corrected chi connectivity index (χ0v) is 12.3. The Labute approximate surface area is 112 Å². The van der Waals surface area contributed by atoms with Gasteiger partial charge in [0.15, 0.2) is 0 Å². The summed E-state index contributed by atoms with van der Waals surface area (Å²) in [7, 11) is 1.87. The summed E-state index contributed by atoms with van der Waals surface area (Å²) in [4.78, 5) is 2.69. The summed E-state index contributed by atoms with van der Waals surface area (Å²) in [6, 6.07) is 1.47. The van der Waals surface area contributed by atoms with Crippen LogP contribution in [0.1, 0.15) is 46.0 Å². The third kappa shape index (κ3) is 3.25. The molecule has 2 rings (SSSR count). The molecule has 4 atom stereocenters. The van der Waals surface area contributed by atoms with Crippen molar-refractivity contribution >= 4 is 0 Å². The van der Waals surface area contributed by atoms with E-state index in [1.54, 1.807) is 0 Å². The van der Waals surface area contributed by atoms with Crippen molar-refractivity contribution in [3.63, 3.8) is 0 Å². The molecule has 4 unspecified atom stereocenters. The molecule has 0 amide bonds. The second kappa shape index (κ2) is 6.88. The van der Waals surface area contributed by atoms with Gasteiger partial charge in [0.2, 0.25) is 0 Å². The average Bonchev–Trinajstić information content (AvgIpc) is 2.85. The molecule has 0 spiro atoms. The van der Waals surface area contributed by atoms with Crippen molar-refractivity contribution in [1.82, 2.24) is 10.2 Å². The molecule has 106 valence electrons. The lowest BCUT2D eigenvalue weighted by Gasteiger charge is -2.41. The van der Waals surface area contributed by atoms with Gasteiger partial charge in [0, 0.05) is 25.7 Å². The van der Waals surface area contributed by atoms with E-state index in [-0.39, 0.29) is 0 Å². The number of nitrogens with zero attached hydrogens (tertiary/aromatic N) is 1. The van der Waals surface area contributed by atoms with E-state index in [2.05, 4.69) is 24.1 Å². The van der Waals surface area contributed by atoms with Crippen LogP contribution in [0.2, 0.25) is 0 Å². The Morgan fingerprint density at radius 1 is 1.28 bits per heavy atom. The van der Waals surface area contributed by atoms with E-state index >= 15 is 0 Å². The third-order valence-electron chi connectivity index (χ3n) is 4.83. The van der Waals surface area contributed by atoms with Crippen molar-refractivity contribution in [2.24, 2.45) is 5.92 Å². The molecule has 1 N–H and O–H groups in total. The molecule has 1 aliphatic heterocycles. The molecule has 1 saturated carbocycles. The number of nitrogens with one attached hydrogen (secondary N) is 1. The molecule has 0 aromatic heterocycles. The number of methoxy groups -OCH3 is 1. The van der Waals surface area contributed by atoms with E-state index in [0.717, 1.165) is 24.5 Å². The molecule has 3 nitrogen and oxygen atoms in total. The van der Waals surface area contributed by atoms with Crippen molar-refractivity contribution in [2.75, 3.05) is 26.7 Å². The van der Waals surface area contributed by atoms with E-state index in [0.29, 0.717) is 6.10 Å². The van der Waals surface area contributed by atoms with Crippen molar-refractivity contribution in [3.8, 4) is 0 Å². The monoisotopic (exact) mass is 254 g/mol. The Balaban J connectivity index is 1.89.